The van der Waals surface area contributed by atoms with Gasteiger partial charge in [0.05, 0.1) is 5.41 Å². The molecule has 1 aromatic rings. The van der Waals surface area contributed by atoms with Gasteiger partial charge in [-0.2, -0.15) is 0 Å². The van der Waals surface area contributed by atoms with Gasteiger partial charge in [0, 0.05) is 19.6 Å². The fourth-order valence-corrected chi connectivity index (χ4v) is 1.98. The van der Waals surface area contributed by atoms with Gasteiger partial charge in [0.25, 0.3) is 0 Å². The predicted octanol–water partition coefficient (Wildman–Crippen LogP) is 2.54. The largest absolute Gasteiger partial charge is 0.356 e. The minimum atomic E-state index is -0.369. The second-order valence-corrected chi connectivity index (χ2v) is 5.69. The molecule has 0 aliphatic rings. The Balaban J connectivity index is 2.39. The van der Waals surface area contributed by atoms with Crippen LogP contribution in [0.15, 0.2) is 30.3 Å². The molecule has 1 unspecified atom stereocenters. The fourth-order valence-electron chi connectivity index (χ4n) is 1.98. The Bertz CT molecular complexity index is 387. The van der Waals surface area contributed by atoms with Gasteiger partial charge in [-0.05, 0) is 32.3 Å². The Morgan fingerprint density at radius 1 is 1.26 bits per heavy atom. The van der Waals surface area contributed by atoms with Crippen molar-refractivity contribution in [1.29, 1.82) is 0 Å². The van der Waals surface area contributed by atoms with Gasteiger partial charge < -0.3 is 10.6 Å². The molecular weight excluding hydrogens is 236 g/mol. The number of rotatable bonds is 7. The Hall–Kier alpha value is -1.35. The van der Waals surface area contributed by atoms with E-state index >= 15 is 0 Å². The molecule has 1 aromatic carbocycles. The normalized spacial score (nSPS) is 13.1. The highest BCUT2D eigenvalue weighted by Crippen LogP contribution is 2.16. The zero-order chi connectivity index (χ0) is 14.3. The molecule has 0 saturated carbocycles. The highest BCUT2D eigenvalue weighted by atomic mass is 16.2. The molecule has 0 spiro atoms. The molecule has 19 heavy (non-hydrogen) atoms. The molecule has 0 aliphatic carbocycles. The van der Waals surface area contributed by atoms with Crippen molar-refractivity contribution in [2.75, 3.05) is 19.6 Å². The first kappa shape index (κ1) is 15.7. The molecule has 3 heteroatoms. The standard InChI is InChI=1S/C16H26N2O/c1-5-18-15(19)16(3,4)12-17-11-13(2)14-9-7-6-8-10-14/h6-10,13,17H,5,11-12H2,1-4H3,(H,18,19). The van der Waals surface area contributed by atoms with Crippen LogP contribution in [0.4, 0.5) is 0 Å². The van der Waals surface area contributed by atoms with Crippen LogP contribution in [0, 0.1) is 5.41 Å². The summed E-state index contributed by atoms with van der Waals surface area (Å²) in [6.45, 7) is 10.3. The first-order valence-corrected chi connectivity index (χ1v) is 7.01. The van der Waals surface area contributed by atoms with Gasteiger partial charge in [-0.25, -0.2) is 0 Å². The Kier molecular flexibility index (Phi) is 6.03. The first-order valence-electron chi connectivity index (χ1n) is 7.01. The van der Waals surface area contributed by atoms with Crippen molar-refractivity contribution in [3.8, 4) is 0 Å². The Morgan fingerprint density at radius 2 is 1.89 bits per heavy atom. The number of carbonyl (C=O) groups is 1. The van der Waals surface area contributed by atoms with E-state index in [4.69, 9.17) is 0 Å². The van der Waals surface area contributed by atoms with Crippen molar-refractivity contribution in [3.63, 3.8) is 0 Å². The van der Waals surface area contributed by atoms with Crippen molar-refractivity contribution < 1.29 is 4.79 Å². The molecule has 0 radical (unpaired) electrons. The van der Waals surface area contributed by atoms with Crippen molar-refractivity contribution in [2.24, 2.45) is 5.41 Å². The van der Waals surface area contributed by atoms with Gasteiger partial charge in [0.2, 0.25) is 5.91 Å². The van der Waals surface area contributed by atoms with Crippen LogP contribution in [0.2, 0.25) is 0 Å². The van der Waals surface area contributed by atoms with Gasteiger partial charge in [-0.15, -0.1) is 0 Å². The maximum Gasteiger partial charge on any atom is 0.226 e. The third kappa shape index (κ3) is 5.03. The van der Waals surface area contributed by atoms with Crippen LogP contribution in [-0.4, -0.2) is 25.5 Å². The van der Waals surface area contributed by atoms with Gasteiger partial charge in [0.1, 0.15) is 0 Å². The average Bonchev–Trinajstić information content (AvgIpc) is 2.39. The second-order valence-electron chi connectivity index (χ2n) is 5.69. The number of nitrogens with one attached hydrogen (secondary N) is 2. The van der Waals surface area contributed by atoms with E-state index < -0.39 is 0 Å². The first-order chi connectivity index (χ1) is 8.97. The van der Waals surface area contributed by atoms with Crippen LogP contribution in [0.25, 0.3) is 0 Å². The summed E-state index contributed by atoms with van der Waals surface area (Å²) in [5.41, 5.74) is 0.956. The topological polar surface area (TPSA) is 41.1 Å². The van der Waals surface area contributed by atoms with Crippen LogP contribution in [-0.2, 0) is 4.79 Å². The lowest BCUT2D eigenvalue weighted by atomic mass is 9.91. The molecule has 3 nitrogen and oxygen atoms in total. The van der Waals surface area contributed by atoms with Crippen LogP contribution < -0.4 is 10.6 Å². The van der Waals surface area contributed by atoms with E-state index in [0.29, 0.717) is 19.0 Å². The van der Waals surface area contributed by atoms with Crippen molar-refractivity contribution in [1.82, 2.24) is 10.6 Å². The molecule has 106 valence electrons. The molecule has 0 saturated heterocycles. The number of carbonyl (C=O) groups excluding carboxylic acids is 1. The summed E-state index contributed by atoms with van der Waals surface area (Å²) < 4.78 is 0. The zero-order valence-electron chi connectivity index (χ0n) is 12.5. The van der Waals surface area contributed by atoms with E-state index in [0.717, 1.165) is 6.54 Å². The molecule has 0 fully saturated rings. The quantitative estimate of drug-likeness (QED) is 0.793. The van der Waals surface area contributed by atoms with Crippen LogP contribution in [0.3, 0.4) is 0 Å². The van der Waals surface area contributed by atoms with Gasteiger partial charge in [-0.3, -0.25) is 4.79 Å². The molecule has 1 atom stereocenters. The monoisotopic (exact) mass is 262 g/mol. The summed E-state index contributed by atoms with van der Waals surface area (Å²) in [5, 5.41) is 6.28. The maximum absolute atomic E-state index is 11.9. The fraction of sp³-hybridized carbons (Fsp3) is 0.562. The molecule has 1 rings (SSSR count). The maximum atomic E-state index is 11.9. The van der Waals surface area contributed by atoms with Crippen LogP contribution in [0.1, 0.15) is 39.2 Å². The third-order valence-corrected chi connectivity index (χ3v) is 3.34. The summed E-state index contributed by atoms with van der Waals surface area (Å²) in [7, 11) is 0. The highest BCUT2D eigenvalue weighted by molar-refractivity contribution is 5.81. The second kappa shape index (κ2) is 7.29. The van der Waals surface area contributed by atoms with Gasteiger partial charge >= 0.3 is 0 Å². The molecule has 1 amide bonds. The van der Waals surface area contributed by atoms with Crippen molar-refractivity contribution in [2.45, 2.75) is 33.6 Å². The minimum Gasteiger partial charge on any atom is -0.356 e. The zero-order valence-corrected chi connectivity index (χ0v) is 12.5. The molecule has 2 N–H and O–H groups in total. The summed E-state index contributed by atoms with van der Waals surface area (Å²) in [5.74, 6) is 0.557. The number of amides is 1. The van der Waals surface area contributed by atoms with Crippen LogP contribution >= 0.6 is 0 Å². The lowest BCUT2D eigenvalue weighted by Gasteiger charge is -2.24. The Labute approximate surface area is 116 Å². The highest BCUT2D eigenvalue weighted by Gasteiger charge is 2.26. The Morgan fingerprint density at radius 3 is 2.47 bits per heavy atom. The van der Waals surface area contributed by atoms with E-state index in [2.05, 4.69) is 41.8 Å². The molecule has 0 aliphatic heterocycles. The smallest absolute Gasteiger partial charge is 0.226 e. The molecule has 0 aromatic heterocycles. The number of hydrogen-bond donors (Lipinski definition) is 2. The van der Waals surface area contributed by atoms with E-state index in [9.17, 15) is 4.79 Å². The summed E-state index contributed by atoms with van der Waals surface area (Å²) in [4.78, 5) is 11.9. The van der Waals surface area contributed by atoms with Gasteiger partial charge in [0.15, 0.2) is 0 Å². The van der Waals surface area contributed by atoms with E-state index in [1.165, 1.54) is 5.56 Å². The summed E-state index contributed by atoms with van der Waals surface area (Å²) in [6, 6.07) is 10.4. The third-order valence-electron chi connectivity index (χ3n) is 3.34. The number of hydrogen-bond acceptors (Lipinski definition) is 2. The summed E-state index contributed by atoms with van der Waals surface area (Å²) >= 11 is 0. The minimum absolute atomic E-state index is 0.106. The molecule has 0 heterocycles. The van der Waals surface area contributed by atoms with Crippen molar-refractivity contribution >= 4 is 5.91 Å². The van der Waals surface area contributed by atoms with E-state index in [1.54, 1.807) is 0 Å². The van der Waals surface area contributed by atoms with Crippen LogP contribution in [0.5, 0.6) is 0 Å². The van der Waals surface area contributed by atoms with E-state index in [-0.39, 0.29) is 11.3 Å². The van der Waals surface area contributed by atoms with Crippen molar-refractivity contribution in [3.05, 3.63) is 35.9 Å². The lowest BCUT2D eigenvalue weighted by Crippen LogP contribution is -2.44. The lowest BCUT2D eigenvalue weighted by molar-refractivity contribution is -0.129. The predicted molar refractivity (Wildman–Crippen MR) is 80.2 cm³/mol. The van der Waals surface area contributed by atoms with E-state index in [1.807, 2.05) is 26.8 Å². The SMILES string of the molecule is CCNC(=O)C(C)(C)CNCC(C)c1ccccc1. The summed E-state index contributed by atoms with van der Waals surface area (Å²) in [6.07, 6.45) is 0. The van der Waals surface area contributed by atoms with Gasteiger partial charge in [-0.1, -0.05) is 37.3 Å². The average molecular weight is 262 g/mol. The molecule has 0 bridgehead atoms. The number of benzene rings is 1. The molecular formula is C16H26N2O.